The summed E-state index contributed by atoms with van der Waals surface area (Å²) in [4.78, 5) is 40.1. The minimum atomic E-state index is -0.0625. The van der Waals surface area contributed by atoms with Gasteiger partial charge in [0, 0.05) is 13.1 Å². The molecule has 6 nitrogen and oxygen atoms in total. The maximum atomic E-state index is 10.0. The molecule has 6 heteroatoms. The van der Waals surface area contributed by atoms with Crippen LogP contribution in [-0.2, 0) is 19.2 Å². The van der Waals surface area contributed by atoms with E-state index in [2.05, 4.69) is 0 Å². The Kier molecular flexibility index (Phi) is 18.9. The molecular weight excluding hydrogens is 236 g/mol. The number of rotatable bonds is 5. The molecule has 0 radical (unpaired) electrons. The molecule has 0 unspecified atom stereocenters. The summed E-state index contributed by atoms with van der Waals surface area (Å²) in [6, 6.07) is 0. The predicted octanol–water partition coefficient (Wildman–Crippen LogP) is 0.0128. The Hall–Kier alpha value is -1.40. The van der Waals surface area contributed by atoms with Crippen LogP contribution in [0.5, 0.6) is 0 Å². The van der Waals surface area contributed by atoms with Crippen molar-refractivity contribution in [3.05, 3.63) is 0 Å². The minimum Gasteiger partial charge on any atom is -0.329 e. The van der Waals surface area contributed by atoms with E-state index in [1.807, 2.05) is 0 Å². The van der Waals surface area contributed by atoms with E-state index in [-0.39, 0.29) is 36.0 Å². The maximum absolute atomic E-state index is 10.0. The van der Waals surface area contributed by atoms with Gasteiger partial charge in [-0.25, -0.2) is 0 Å². The Morgan fingerprint density at radius 2 is 0.778 bits per heavy atom. The third-order valence-corrected chi connectivity index (χ3v) is 1.16. The monoisotopic (exact) mass is 260 g/mol. The van der Waals surface area contributed by atoms with Gasteiger partial charge in [0.1, 0.15) is 23.1 Å². The normalized spacial score (nSPS) is 8.11. The Labute approximate surface area is 108 Å². The molecule has 0 saturated heterocycles. The van der Waals surface area contributed by atoms with Gasteiger partial charge in [0.25, 0.3) is 0 Å². The number of hydrogen-bond acceptors (Lipinski definition) is 6. The molecule has 0 heterocycles. The van der Waals surface area contributed by atoms with Crippen LogP contribution in [0.25, 0.3) is 0 Å². The summed E-state index contributed by atoms with van der Waals surface area (Å²) >= 11 is 0. The van der Waals surface area contributed by atoms with Crippen LogP contribution in [0.4, 0.5) is 0 Å². The van der Waals surface area contributed by atoms with E-state index < -0.39 is 0 Å². The molecule has 4 N–H and O–H groups in total. The van der Waals surface area contributed by atoms with Crippen LogP contribution < -0.4 is 11.5 Å². The SMILES string of the molecule is CC(=O)CC(C)=O.CC(=O)CC(C)=O.NCCN. The van der Waals surface area contributed by atoms with Gasteiger partial charge in [0.15, 0.2) is 0 Å². The van der Waals surface area contributed by atoms with Crippen molar-refractivity contribution in [2.45, 2.75) is 40.5 Å². The second-order valence-electron chi connectivity index (χ2n) is 3.74. The highest BCUT2D eigenvalue weighted by Crippen LogP contribution is 1.80. The van der Waals surface area contributed by atoms with E-state index in [1.54, 1.807) is 0 Å². The fourth-order valence-corrected chi connectivity index (χ4v) is 0.701. The lowest BCUT2D eigenvalue weighted by Gasteiger charge is -1.81. The van der Waals surface area contributed by atoms with Crippen LogP contribution in [0.2, 0.25) is 0 Å². The standard InChI is InChI=1S/2C5H8O2.C2H8N2/c2*1-4(6)3-5(2)7;3-1-2-4/h2*3H2,1-2H3;1-4H2. The van der Waals surface area contributed by atoms with Crippen LogP contribution >= 0.6 is 0 Å². The number of carbonyl (C=O) groups excluding carboxylic acids is 4. The number of Topliss-reactive ketones (excluding diaryl/α,β-unsaturated/α-hetero) is 4. The van der Waals surface area contributed by atoms with E-state index in [4.69, 9.17) is 11.5 Å². The highest BCUT2D eigenvalue weighted by Gasteiger charge is 1.95. The smallest absolute Gasteiger partial charge is 0.137 e. The molecule has 0 rings (SSSR count). The number of nitrogens with two attached hydrogens (primary N) is 2. The second kappa shape index (κ2) is 15.6. The average molecular weight is 260 g/mol. The van der Waals surface area contributed by atoms with Crippen LogP contribution in [0, 0.1) is 0 Å². The zero-order chi connectivity index (χ0) is 15.1. The maximum Gasteiger partial charge on any atom is 0.137 e. The van der Waals surface area contributed by atoms with Gasteiger partial charge in [0.2, 0.25) is 0 Å². The third kappa shape index (κ3) is 46.8. The molecule has 0 aromatic carbocycles. The summed E-state index contributed by atoms with van der Waals surface area (Å²) < 4.78 is 0. The highest BCUT2D eigenvalue weighted by molar-refractivity contribution is 5.97. The van der Waals surface area contributed by atoms with Gasteiger partial charge in [0.05, 0.1) is 12.8 Å². The molecule has 0 atom stereocenters. The summed E-state index contributed by atoms with van der Waals surface area (Å²) in [6.45, 7) is 6.81. The number of hydrogen-bond donors (Lipinski definition) is 2. The number of ketones is 4. The molecule has 106 valence electrons. The van der Waals surface area contributed by atoms with Gasteiger partial charge >= 0.3 is 0 Å². The average Bonchev–Trinajstić information content (AvgIpc) is 2.14. The van der Waals surface area contributed by atoms with E-state index >= 15 is 0 Å². The minimum absolute atomic E-state index is 0.0625. The summed E-state index contributed by atoms with van der Waals surface area (Å²) in [5.41, 5.74) is 9.81. The molecule has 0 aliphatic rings. The Morgan fingerprint density at radius 1 is 0.611 bits per heavy atom. The van der Waals surface area contributed by atoms with E-state index in [1.165, 1.54) is 27.7 Å². The first-order chi connectivity index (χ1) is 8.17. The van der Waals surface area contributed by atoms with E-state index in [0.717, 1.165) is 0 Å². The van der Waals surface area contributed by atoms with Crippen molar-refractivity contribution < 1.29 is 19.2 Å². The fraction of sp³-hybridized carbons (Fsp3) is 0.667. The summed E-state index contributed by atoms with van der Waals surface area (Å²) in [5, 5.41) is 0. The van der Waals surface area contributed by atoms with Crippen molar-refractivity contribution >= 4 is 23.1 Å². The Bertz CT molecular complexity index is 223. The van der Waals surface area contributed by atoms with Crippen molar-refractivity contribution in [3.8, 4) is 0 Å². The van der Waals surface area contributed by atoms with Gasteiger partial charge in [-0.2, -0.15) is 0 Å². The topological polar surface area (TPSA) is 120 Å². The van der Waals surface area contributed by atoms with Gasteiger partial charge in [-0.15, -0.1) is 0 Å². The summed E-state index contributed by atoms with van der Waals surface area (Å²) in [5.74, 6) is -0.250. The quantitative estimate of drug-likeness (QED) is 0.672. The first-order valence-electron chi connectivity index (χ1n) is 5.55. The molecule has 0 aromatic heterocycles. The van der Waals surface area contributed by atoms with Crippen molar-refractivity contribution in [1.29, 1.82) is 0 Å². The largest absolute Gasteiger partial charge is 0.329 e. The molecule has 0 bridgehead atoms. The lowest BCUT2D eigenvalue weighted by atomic mass is 10.2. The van der Waals surface area contributed by atoms with Crippen LogP contribution in [-0.4, -0.2) is 36.2 Å². The molecule has 0 aromatic rings. The molecule has 0 saturated carbocycles. The Balaban J connectivity index is -0.000000196. The lowest BCUT2D eigenvalue weighted by molar-refractivity contribution is -0.126. The molecule has 0 amide bonds. The van der Waals surface area contributed by atoms with E-state index in [0.29, 0.717) is 13.1 Å². The fourth-order valence-electron chi connectivity index (χ4n) is 0.701. The molecule has 0 fully saturated rings. The zero-order valence-electron chi connectivity index (χ0n) is 11.6. The van der Waals surface area contributed by atoms with Gasteiger partial charge in [-0.05, 0) is 27.7 Å². The first-order valence-corrected chi connectivity index (χ1v) is 5.55. The third-order valence-electron chi connectivity index (χ3n) is 1.16. The van der Waals surface area contributed by atoms with Crippen molar-refractivity contribution in [2.24, 2.45) is 11.5 Å². The first kappa shape index (κ1) is 21.8. The summed E-state index contributed by atoms with van der Waals surface area (Å²) in [6.07, 6.45) is 0.167. The van der Waals surface area contributed by atoms with Gasteiger partial charge < -0.3 is 11.5 Å². The molecule has 0 aliphatic carbocycles. The van der Waals surface area contributed by atoms with Crippen LogP contribution in [0.3, 0.4) is 0 Å². The number of carbonyl (C=O) groups is 4. The van der Waals surface area contributed by atoms with Gasteiger partial charge in [-0.1, -0.05) is 0 Å². The van der Waals surface area contributed by atoms with E-state index in [9.17, 15) is 19.2 Å². The van der Waals surface area contributed by atoms with Crippen molar-refractivity contribution in [3.63, 3.8) is 0 Å². The van der Waals surface area contributed by atoms with Crippen molar-refractivity contribution in [2.75, 3.05) is 13.1 Å². The lowest BCUT2D eigenvalue weighted by Crippen LogP contribution is -2.11. The molecule has 18 heavy (non-hydrogen) atoms. The zero-order valence-corrected chi connectivity index (χ0v) is 11.6. The molecule has 0 aliphatic heterocycles. The van der Waals surface area contributed by atoms with Crippen LogP contribution in [0.1, 0.15) is 40.5 Å². The summed E-state index contributed by atoms with van der Waals surface area (Å²) in [7, 11) is 0. The Morgan fingerprint density at radius 3 is 0.778 bits per heavy atom. The highest BCUT2D eigenvalue weighted by atomic mass is 16.2. The van der Waals surface area contributed by atoms with Crippen LogP contribution in [0.15, 0.2) is 0 Å². The predicted molar refractivity (Wildman–Crippen MR) is 70.1 cm³/mol. The second-order valence-corrected chi connectivity index (χ2v) is 3.74. The molecular formula is C12H24N2O4. The van der Waals surface area contributed by atoms with Gasteiger partial charge in [-0.3, -0.25) is 19.2 Å². The molecule has 0 spiro atoms. The van der Waals surface area contributed by atoms with Crippen molar-refractivity contribution in [1.82, 2.24) is 0 Å².